The lowest BCUT2D eigenvalue weighted by Crippen LogP contribution is -2.05. The van der Waals surface area contributed by atoms with Gasteiger partial charge in [0.05, 0.1) is 7.11 Å². The van der Waals surface area contributed by atoms with Crippen molar-refractivity contribution in [3.05, 3.63) is 30.3 Å². The lowest BCUT2D eigenvalue weighted by atomic mass is 10.3. The first-order valence-electron chi connectivity index (χ1n) is 5.11. The average Bonchev–Trinajstić information content (AvgIpc) is 2.39. The van der Waals surface area contributed by atoms with Crippen LogP contribution in [0.4, 0.5) is 17.6 Å². The third-order valence-electron chi connectivity index (χ3n) is 2.05. The molecule has 0 aliphatic rings. The molecule has 0 unspecified atom stereocenters. The van der Waals surface area contributed by atoms with E-state index < -0.39 is 0 Å². The molecule has 0 aliphatic heterocycles. The van der Waals surface area contributed by atoms with E-state index in [9.17, 15) is 0 Å². The fraction of sp³-hybridized carbons (Fsp3) is 0.182. The summed E-state index contributed by atoms with van der Waals surface area (Å²) < 4.78 is 4.99. The van der Waals surface area contributed by atoms with E-state index in [1.54, 1.807) is 7.05 Å². The van der Waals surface area contributed by atoms with E-state index in [1.807, 2.05) is 30.3 Å². The number of anilines is 3. The van der Waals surface area contributed by atoms with Gasteiger partial charge in [-0.1, -0.05) is 18.2 Å². The molecule has 1 heterocycles. The zero-order chi connectivity index (χ0) is 12.1. The lowest BCUT2D eigenvalue weighted by Gasteiger charge is -2.07. The molecule has 88 valence electrons. The number of methoxy groups -OCH3 is 1. The van der Waals surface area contributed by atoms with Crippen LogP contribution in [0.25, 0.3) is 0 Å². The van der Waals surface area contributed by atoms with Crippen LogP contribution in [0.1, 0.15) is 0 Å². The van der Waals surface area contributed by atoms with Crippen molar-refractivity contribution in [3.8, 4) is 6.01 Å². The molecule has 1 aromatic heterocycles. The first-order valence-corrected chi connectivity index (χ1v) is 5.11. The number of nitrogens with one attached hydrogen (secondary N) is 2. The number of hydrogen-bond donors (Lipinski definition) is 2. The molecule has 17 heavy (non-hydrogen) atoms. The van der Waals surface area contributed by atoms with E-state index in [1.165, 1.54) is 7.11 Å². The van der Waals surface area contributed by atoms with Gasteiger partial charge < -0.3 is 15.4 Å². The van der Waals surface area contributed by atoms with E-state index in [4.69, 9.17) is 4.74 Å². The largest absolute Gasteiger partial charge is 0.467 e. The van der Waals surface area contributed by atoms with Gasteiger partial charge in [-0.15, -0.1) is 0 Å². The van der Waals surface area contributed by atoms with Gasteiger partial charge >= 0.3 is 6.01 Å². The highest BCUT2D eigenvalue weighted by Crippen LogP contribution is 2.15. The van der Waals surface area contributed by atoms with Crippen LogP contribution < -0.4 is 15.4 Å². The van der Waals surface area contributed by atoms with Crippen molar-refractivity contribution in [1.82, 2.24) is 15.0 Å². The summed E-state index contributed by atoms with van der Waals surface area (Å²) in [6.45, 7) is 0. The summed E-state index contributed by atoms with van der Waals surface area (Å²) in [5.41, 5.74) is 0.905. The number of hydrogen-bond acceptors (Lipinski definition) is 6. The standard InChI is InChI=1S/C11H13N5O/c1-12-9-14-10(16-11(15-9)17-2)13-8-6-4-3-5-7-8/h3-7H,1-2H3,(H2,12,13,14,15,16). The van der Waals surface area contributed by atoms with Gasteiger partial charge in [-0.05, 0) is 12.1 Å². The summed E-state index contributed by atoms with van der Waals surface area (Å²) in [7, 11) is 3.25. The van der Waals surface area contributed by atoms with E-state index in [2.05, 4.69) is 25.6 Å². The minimum absolute atomic E-state index is 0.266. The summed E-state index contributed by atoms with van der Waals surface area (Å²) in [6, 6.07) is 9.92. The van der Waals surface area contributed by atoms with Crippen LogP contribution in [0, 0.1) is 0 Å². The third kappa shape index (κ3) is 2.81. The first kappa shape index (κ1) is 11.1. The Kier molecular flexibility index (Phi) is 3.34. The van der Waals surface area contributed by atoms with Crippen molar-refractivity contribution < 1.29 is 4.74 Å². The molecule has 0 spiro atoms. The Bertz CT molecular complexity index is 466. The van der Waals surface area contributed by atoms with E-state index in [-0.39, 0.29) is 6.01 Å². The highest BCUT2D eigenvalue weighted by atomic mass is 16.5. The van der Waals surface area contributed by atoms with Crippen LogP contribution in [0.3, 0.4) is 0 Å². The second-order valence-corrected chi connectivity index (χ2v) is 3.21. The van der Waals surface area contributed by atoms with Gasteiger partial charge in [0.15, 0.2) is 0 Å². The molecule has 2 aromatic rings. The molecule has 1 aromatic carbocycles. The molecule has 0 aliphatic carbocycles. The van der Waals surface area contributed by atoms with Gasteiger partial charge in [0.1, 0.15) is 0 Å². The van der Waals surface area contributed by atoms with Gasteiger partial charge in [-0.2, -0.15) is 15.0 Å². The minimum atomic E-state index is 0.266. The Morgan fingerprint density at radius 3 is 2.35 bits per heavy atom. The fourth-order valence-electron chi connectivity index (χ4n) is 1.27. The quantitative estimate of drug-likeness (QED) is 0.833. The van der Waals surface area contributed by atoms with Crippen molar-refractivity contribution in [3.63, 3.8) is 0 Å². The van der Waals surface area contributed by atoms with Crippen LogP contribution >= 0.6 is 0 Å². The molecule has 0 fully saturated rings. The topological polar surface area (TPSA) is 72.0 Å². The summed E-state index contributed by atoms with van der Waals surface area (Å²) in [5.74, 6) is 0.891. The van der Waals surface area contributed by atoms with Crippen molar-refractivity contribution in [1.29, 1.82) is 0 Å². The van der Waals surface area contributed by atoms with Crippen LogP contribution in [0.2, 0.25) is 0 Å². The predicted octanol–water partition coefficient (Wildman–Crippen LogP) is 1.67. The van der Waals surface area contributed by atoms with Gasteiger partial charge in [-0.3, -0.25) is 0 Å². The molecule has 6 nitrogen and oxygen atoms in total. The molecular formula is C11H13N5O. The van der Waals surface area contributed by atoms with Crippen LogP contribution in [-0.2, 0) is 0 Å². The van der Waals surface area contributed by atoms with Crippen LogP contribution in [-0.4, -0.2) is 29.1 Å². The van der Waals surface area contributed by atoms with Crippen molar-refractivity contribution >= 4 is 17.6 Å². The number of benzene rings is 1. The van der Waals surface area contributed by atoms with Crippen LogP contribution in [0.5, 0.6) is 6.01 Å². The molecule has 0 amide bonds. The number of aromatic nitrogens is 3. The molecule has 2 N–H and O–H groups in total. The normalized spacial score (nSPS) is 9.76. The average molecular weight is 231 g/mol. The number of para-hydroxylation sites is 1. The first-order chi connectivity index (χ1) is 8.31. The van der Waals surface area contributed by atoms with Gasteiger partial charge in [0.25, 0.3) is 0 Å². The number of ether oxygens (including phenoxy) is 1. The highest BCUT2D eigenvalue weighted by molar-refractivity contribution is 5.53. The Morgan fingerprint density at radius 2 is 1.71 bits per heavy atom. The SMILES string of the molecule is CNc1nc(Nc2ccccc2)nc(OC)n1. The maximum absolute atomic E-state index is 4.99. The maximum Gasteiger partial charge on any atom is 0.322 e. The van der Waals surface area contributed by atoms with E-state index >= 15 is 0 Å². The van der Waals surface area contributed by atoms with Crippen LogP contribution in [0.15, 0.2) is 30.3 Å². The summed E-state index contributed by atoms with van der Waals surface area (Å²) in [6.07, 6.45) is 0. The Labute approximate surface area is 99.1 Å². The molecule has 0 saturated heterocycles. The summed E-state index contributed by atoms with van der Waals surface area (Å²) in [4.78, 5) is 12.3. The fourth-order valence-corrected chi connectivity index (χ4v) is 1.27. The van der Waals surface area contributed by atoms with Gasteiger partial charge in [-0.25, -0.2) is 0 Å². The van der Waals surface area contributed by atoms with Gasteiger partial charge in [0.2, 0.25) is 11.9 Å². The van der Waals surface area contributed by atoms with Crippen molar-refractivity contribution in [2.75, 3.05) is 24.8 Å². The maximum atomic E-state index is 4.99. The van der Waals surface area contributed by atoms with Crippen molar-refractivity contribution in [2.45, 2.75) is 0 Å². The third-order valence-corrected chi connectivity index (χ3v) is 2.05. The lowest BCUT2D eigenvalue weighted by molar-refractivity contribution is 0.379. The predicted molar refractivity (Wildman–Crippen MR) is 65.7 cm³/mol. The van der Waals surface area contributed by atoms with E-state index in [0.717, 1.165) is 5.69 Å². The smallest absolute Gasteiger partial charge is 0.322 e. The Morgan fingerprint density at radius 1 is 1.00 bits per heavy atom. The zero-order valence-corrected chi connectivity index (χ0v) is 9.64. The molecule has 0 radical (unpaired) electrons. The number of nitrogens with zero attached hydrogens (tertiary/aromatic N) is 3. The summed E-state index contributed by atoms with van der Waals surface area (Å²) >= 11 is 0. The highest BCUT2D eigenvalue weighted by Gasteiger charge is 2.05. The molecular weight excluding hydrogens is 218 g/mol. The Balaban J connectivity index is 2.26. The Hall–Kier alpha value is -2.37. The molecule has 2 rings (SSSR count). The molecule has 0 atom stereocenters. The second-order valence-electron chi connectivity index (χ2n) is 3.21. The molecule has 6 heteroatoms. The second kappa shape index (κ2) is 5.11. The molecule has 0 saturated carbocycles. The minimum Gasteiger partial charge on any atom is -0.467 e. The molecule has 0 bridgehead atoms. The van der Waals surface area contributed by atoms with Crippen molar-refractivity contribution in [2.24, 2.45) is 0 Å². The number of rotatable bonds is 4. The summed E-state index contributed by atoms with van der Waals surface area (Å²) in [5, 5.41) is 5.92. The monoisotopic (exact) mass is 231 g/mol. The van der Waals surface area contributed by atoms with E-state index in [0.29, 0.717) is 11.9 Å². The zero-order valence-electron chi connectivity index (χ0n) is 9.64. The van der Waals surface area contributed by atoms with Gasteiger partial charge in [0, 0.05) is 12.7 Å².